The lowest BCUT2D eigenvalue weighted by Crippen LogP contribution is -2.86. The van der Waals surface area contributed by atoms with Crippen molar-refractivity contribution in [1.29, 1.82) is 0 Å². The molecule has 71 heavy (non-hydrogen) atoms. The number of esters is 1. The number of likely N-dealkylation sites (N-methyl/N-ethyl adjacent to an activating group) is 1. The van der Waals surface area contributed by atoms with Crippen LogP contribution < -0.4 is 5.32 Å². The van der Waals surface area contributed by atoms with Gasteiger partial charge in [0, 0.05) is 53.2 Å². The maximum absolute atomic E-state index is 15.1. The Hall–Kier alpha value is -3.40. The maximum Gasteiger partial charge on any atom is 0.331 e. The van der Waals surface area contributed by atoms with Crippen molar-refractivity contribution in [2.45, 2.75) is 183 Å². The molecule has 0 saturated heterocycles. The molecule has 10 nitrogen and oxygen atoms in total. The Balaban J connectivity index is 1.01. The minimum Gasteiger partial charge on any atom is -0.454 e. The van der Waals surface area contributed by atoms with E-state index in [2.05, 4.69) is 48.3 Å². The molecule has 4 bridgehead atoms. The second-order valence-electron chi connectivity index (χ2n) is 25.5. The molecule has 0 amide bonds. The summed E-state index contributed by atoms with van der Waals surface area (Å²) in [4.78, 5) is 28.8. The van der Waals surface area contributed by atoms with Crippen LogP contribution in [0.15, 0.2) is 60.2 Å². The summed E-state index contributed by atoms with van der Waals surface area (Å²) in [5, 5.41) is 84.6. The minimum atomic E-state index is -2.23. The molecule has 19 unspecified atom stereocenters. The van der Waals surface area contributed by atoms with Gasteiger partial charge in [0.2, 0.25) is 0 Å². The molecule has 13 rings (SSSR count). The Bertz CT molecular complexity index is 2500. The van der Waals surface area contributed by atoms with Gasteiger partial charge in [-0.3, -0.25) is 0 Å². The first-order valence-electron chi connectivity index (χ1n) is 28.1. The van der Waals surface area contributed by atoms with Crippen molar-refractivity contribution in [3.8, 4) is 11.8 Å². The molecule has 2 spiro atoms. The monoisotopic (exact) mass is 970 g/mol. The summed E-state index contributed by atoms with van der Waals surface area (Å²) < 4.78 is 6.32. The molecule has 2 aromatic rings. The predicted molar refractivity (Wildman–Crippen MR) is 268 cm³/mol. The van der Waals surface area contributed by atoms with Crippen LogP contribution in [0.3, 0.4) is 0 Å². The van der Waals surface area contributed by atoms with Crippen LogP contribution in [0.5, 0.6) is 0 Å². The van der Waals surface area contributed by atoms with E-state index < -0.39 is 75.1 Å². The lowest BCUT2D eigenvalue weighted by molar-refractivity contribution is -0.383. The van der Waals surface area contributed by atoms with Crippen molar-refractivity contribution >= 4 is 12.3 Å². The van der Waals surface area contributed by atoms with Gasteiger partial charge in [0.05, 0.1) is 29.8 Å². The number of rotatable bonds is 8. The number of carbonyl (C=O) groups excluding carboxylic acids is 2. The van der Waals surface area contributed by atoms with Crippen LogP contribution in [0, 0.1) is 87.3 Å². The summed E-state index contributed by atoms with van der Waals surface area (Å²) in [6.45, 7) is 2.20. The number of ether oxygens (including phenoxy) is 1. The molecule has 19 atom stereocenters. The molecular weight excluding hydrogens is 891 g/mol. The van der Waals surface area contributed by atoms with E-state index in [1.54, 1.807) is 6.08 Å². The fourth-order valence-electron chi connectivity index (χ4n) is 20.3. The van der Waals surface area contributed by atoms with Gasteiger partial charge < -0.3 is 45.5 Å². The lowest BCUT2D eigenvalue weighted by Gasteiger charge is -2.74. The fourth-order valence-corrected chi connectivity index (χ4v) is 20.3. The summed E-state index contributed by atoms with van der Waals surface area (Å²) in [6.07, 6.45) is 13.0. The van der Waals surface area contributed by atoms with Crippen molar-refractivity contribution < 1.29 is 45.0 Å². The van der Waals surface area contributed by atoms with E-state index in [1.807, 2.05) is 31.3 Å². The van der Waals surface area contributed by atoms with Crippen LogP contribution in [0.1, 0.15) is 145 Å². The highest BCUT2D eigenvalue weighted by Gasteiger charge is 2.86. The molecule has 8 fully saturated rings. The van der Waals surface area contributed by atoms with E-state index in [-0.39, 0.29) is 61.5 Å². The average Bonchev–Trinajstić information content (AvgIpc) is 4.18. The zero-order valence-corrected chi connectivity index (χ0v) is 42.1. The van der Waals surface area contributed by atoms with Gasteiger partial charge in [-0.15, -0.1) is 0 Å². The molecule has 0 radical (unpaired) electrons. The number of nitrogens with one attached hydrogen (secondary N) is 1. The second-order valence-corrected chi connectivity index (χ2v) is 25.5. The SMILES string of the molecule is CNC1Cc2c(cccc2CO)C#CCCC23CCC4C5(C=O)CC6(CCC(CCc7ccccc7)C6)C(O)C6CCC(C(C)C7CCCC7)CC(C(O)C4(O)C2(O)CC2CC1C1OC(=O)C=C1C23)C65O. The van der Waals surface area contributed by atoms with Crippen molar-refractivity contribution in [3.05, 3.63) is 82.4 Å². The zero-order valence-electron chi connectivity index (χ0n) is 42.1. The van der Waals surface area contributed by atoms with Gasteiger partial charge in [0.1, 0.15) is 23.6 Å². The van der Waals surface area contributed by atoms with Gasteiger partial charge in [0.15, 0.2) is 0 Å². The normalized spacial score (nSPS) is 46.9. The van der Waals surface area contributed by atoms with Gasteiger partial charge in [-0.05, 0) is 173 Å². The number of aliphatic hydroxyl groups is 6. The topological polar surface area (TPSA) is 177 Å². The number of carbonyl (C=O) groups is 2. The molecule has 2 aromatic carbocycles. The van der Waals surface area contributed by atoms with Crippen LogP contribution in [0.25, 0.3) is 0 Å². The van der Waals surface area contributed by atoms with Crippen LogP contribution >= 0.6 is 0 Å². The predicted octanol–water partition coefficient (Wildman–Crippen LogP) is 7.15. The molecule has 10 heteroatoms. The van der Waals surface area contributed by atoms with Crippen molar-refractivity contribution in [2.75, 3.05) is 7.05 Å². The van der Waals surface area contributed by atoms with Crippen molar-refractivity contribution in [2.24, 2.45) is 75.4 Å². The maximum atomic E-state index is 15.1. The largest absolute Gasteiger partial charge is 0.454 e. The lowest BCUT2D eigenvalue weighted by atomic mass is 9.33. The van der Waals surface area contributed by atoms with Crippen LogP contribution in [-0.2, 0) is 33.8 Å². The number of hydrogen-bond donors (Lipinski definition) is 7. The molecule has 382 valence electrons. The number of hydrogen-bond acceptors (Lipinski definition) is 10. The Labute approximate surface area is 420 Å². The highest BCUT2D eigenvalue weighted by atomic mass is 16.5. The van der Waals surface area contributed by atoms with E-state index in [1.165, 1.54) is 18.4 Å². The Morgan fingerprint density at radius 2 is 1.68 bits per heavy atom. The Morgan fingerprint density at radius 1 is 0.873 bits per heavy atom. The molecule has 1 aliphatic heterocycles. The van der Waals surface area contributed by atoms with Gasteiger partial charge in [-0.1, -0.05) is 86.9 Å². The van der Waals surface area contributed by atoms with Crippen LogP contribution in [0.2, 0.25) is 0 Å². The standard InChI is InChI=1S/C61H79NO9/c1-36(39-13-6-7-14-39)41-20-21-47-54(66)56(25-22-38(31-56)19-18-37-11-4-3-5-12-37)34-58(35-64)50-23-26-57-24-9-8-15-40-16-10-17-42(33-63)44(40)29-49(62-2)45-27-43(52(57)46-30-51(65)71-53(45)46)32-59(57,68)61(50,70)55(67)48(28-41)60(47,58)69/h3-5,10-12,16-17,30,35-36,38-39,41,43,45,47-50,52-55,62-63,66-70H,6-7,9,13-14,18-29,31-34H2,1-2H3. The average molecular weight is 970 g/mol. The summed E-state index contributed by atoms with van der Waals surface area (Å²) >= 11 is 0. The summed E-state index contributed by atoms with van der Waals surface area (Å²) in [6, 6.07) is 16.2. The van der Waals surface area contributed by atoms with E-state index in [4.69, 9.17) is 4.74 Å². The highest BCUT2D eigenvalue weighted by molar-refractivity contribution is 5.86. The smallest absolute Gasteiger partial charge is 0.331 e. The summed E-state index contributed by atoms with van der Waals surface area (Å²) in [5.74, 6) is 4.28. The van der Waals surface area contributed by atoms with Crippen LogP contribution in [-0.4, -0.2) is 91.1 Å². The van der Waals surface area contributed by atoms with E-state index >= 15 is 4.79 Å². The molecule has 8 saturated carbocycles. The molecule has 1 heterocycles. The van der Waals surface area contributed by atoms with E-state index in [0.29, 0.717) is 63.2 Å². The molecule has 11 aliphatic rings. The third kappa shape index (κ3) is 6.70. The second kappa shape index (κ2) is 17.6. The Kier molecular flexibility index (Phi) is 12.0. The zero-order chi connectivity index (χ0) is 49.3. The molecular formula is C61H79NO9. The van der Waals surface area contributed by atoms with Gasteiger partial charge in [-0.25, -0.2) is 4.79 Å². The molecule has 0 aromatic heterocycles. The van der Waals surface area contributed by atoms with Crippen LogP contribution in [0.4, 0.5) is 0 Å². The number of aldehydes is 1. The number of aliphatic hydroxyl groups excluding tert-OH is 3. The highest BCUT2D eigenvalue weighted by Crippen LogP contribution is 2.79. The third-order valence-corrected chi connectivity index (χ3v) is 23.3. The minimum absolute atomic E-state index is 0.0817. The number of fused-ring (bicyclic) bond motifs is 6. The van der Waals surface area contributed by atoms with Gasteiger partial charge >= 0.3 is 5.97 Å². The Morgan fingerprint density at radius 3 is 2.44 bits per heavy atom. The molecule has 10 aliphatic carbocycles. The first-order chi connectivity index (χ1) is 34.2. The third-order valence-electron chi connectivity index (χ3n) is 23.3. The summed E-state index contributed by atoms with van der Waals surface area (Å²) in [5.41, 5.74) is -4.59. The first-order valence-corrected chi connectivity index (χ1v) is 28.1. The molecule has 7 N–H and O–H groups in total. The quantitative estimate of drug-likeness (QED) is 0.0817. The van der Waals surface area contributed by atoms with Crippen molar-refractivity contribution in [3.63, 3.8) is 0 Å². The van der Waals surface area contributed by atoms with Gasteiger partial charge in [0.25, 0.3) is 0 Å². The summed E-state index contributed by atoms with van der Waals surface area (Å²) in [7, 11) is 1.92. The van der Waals surface area contributed by atoms with Gasteiger partial charge in [-0.2, -0.15) is 0 Å². The first kappa shape index (κ1) is 48.5. The van der Waals surface area contributed by atoms with E-state index in [9.17, 15) is 35.4 Å². The van der Waals surface area contributed by atoms with E-state index in [0.717, 1.165) is 73.5 Å². The fraction of sp³-hybridized carbons (Fsp3) is 0.705. The number of aryl methyl sites for hydroxylation is 1. The number of benzene rings is 2. The van der Waals surface area contributed by atoms with Crippen molar-refractivity contribution in [1.82, 2.24) is 5.32 Å².